The van der Waals surface area contributed by atoms with Crippen molar-refractivity contribution in [1.82, 2.24) is 24.8 Å². The van der Waals surface area contributed by atoms with Crippen molar-refractivity contribution in [1.29, 1.82) is 0 Å². The van der Waals surface area contributed by atoms with Gasteiger partial charge in [0.25, 0.3) is 0 Å². The molecule has 11 heteroatoms. The van der Waals surface area contributed by atoms with E-state index in [4.69, 9.17) is 33.9 Å². The maximum absolute atomic E-state index is 12.6. The predicted molar refractivity (Wildman–Crippen MR) is 260 cm³/mol. The summed E-state index contributed by atoms with van der Waals surface area (Å²) < 4.78 is 27.5. The summed E-state index contributed by atoms with van der Waals surface area (Å²) in [4.78, 5) is 14.6. The summed E-state index contributed by atoms with van der Waals surface area (Å²) in [6.45, 7) is 0.153. The van der Waals surface area contributed by atoms with E-state index in [1.165, 1.54) is 6.42 Å². The van der Waals surface area contributed by atoms with Crippen LogP contribution in [0.2, 0.25) is 0 Å². The summed E-state index contributed by atoms with van der Waals surface area (Å²) in [6.07, 6.45) is 6.39. The van der Waals surface area contributed by atoms with Gasteiger partial charge in [0.2, 0.25) is 0 Å². The van der Waals surface area contributed by atoms with Crippen LogP contribution in [0, 0.1) is 0 Å². The van der Waals surface area contributed by atoms with Gasteiger partial charge in [0.15, 0.2) is 23.2 Å². The van der Waals surface area contributed by atoms with Crippen LogP contribution in [-0.2, 0) is 20.6 Å². The van der Waals surface area contributed by atoms with Crippen LogP contribution in [-0.4, -0.2) is 69.7 Å². The molecule has 340 valence electrons. The normalized spacial score (nSPS) is 19.0. The van der Waals surface area contributed by atoms with Crippen LogP contribution in [0.3, 0.4) is 0 Å². The molecule has 67 heavy (non-hydrogen) atoms. The molecule has 4 atom stereocenters. The zero-order valence-electron chi connectivity index (χ0n) is 37.8. The largest absolute Gasteiger partial charge is 0.497 e. The van der Waals surface area contributed by atoms with E-state index in [2.05, 4.69) is 83.4 Å². The van der Waals surface area contributed by atoms with Crippen LogP contribution in [0.15, 0.2) is 183 Å². The van der Waals surface area contributed by atoms with Gasteiger partial charge in [0.05, 0.1) is 33.2 Å². The Morgan fingerprint density at radius 2 is 1.10 bits per heavy atom. The number of hydrogen-bond donors (Lipinski definition) is 3. The van der Waals surface area contributed by atoms with Crippen LogP contribution < -0.4 is 20.1 Å². The molecule has 11 nitrogen and oxygen atoms in total. The fourth-order valence-electron chi connectivity index (χ4n) is 10.2. The molecule has 2 aromatic heterocycles. The van der Waals surface area contributed by atoms with Crippen molar-refractivity contribution >= 4 is 17.0 Å². The maximum Gasteiger partial charge on any atom is 0.167 e. The minimum Gasteiger partial charge on any atom is -0.497 e. The average Bonchev–Trinajstić information content (AvgIpc) is 3.97. The molecule has 2 fully saturated rings. The smallest absolute Gasteiger partial charge is 0.167 e. The number of hydrogen-bond acceptors (Lipinski definition) is 10. The highest BCUT2D eigenvalue weighted by Gasteiger charge is 2.48. The first-order valence-electron chi connectivity index (χ1n) is 23.2. The molecular formula is C56H56N6O5. The Balaban J connectivity index is 1.04. The van der Waals surface area contributed by atoms with E-state index in [1.54, 1.807) is 26.9 Å². The third-order valence-electron chi connectivity index (χ3n) is 13.6. The minimum absolute atomic E-state index is 0.153. The van der Waals surface area contributed by atoms with Crippen molar-refractivity contribution in [3.63, 3.8) is 0 Å². The van der Waals surface area contributed by atoms with Crippen LogP contribution in [0.1, 0.15) is 71.7 Å². The highest BCUT2D eigenvalue weighted by atomic mass is 16.6. The number of fused-ring (bicyclic) bond motifs is 1. The molecule has 0 unspecified atom stereocenters. The Bertz CT molecular complexity index is 2750. The van der Waals surface area contributed by atoms with E-state index in [0.717, 1.165) is 70.6 Å². The number of ether oxygens (including phenoxy) is 4. The minimum atomic E-state index is -1.03. The van der Waals surface area contributed by atoms with Crippen LogP contribution in [0.4, 0.5) is 5.82 Å². The second-order valence-corrected chi connectivity index (χ2v) is 17.4. The lowest BCUT2D eigenvalue weighted by molar-refractivity contribution is -0.0870. The molecule has 1 aliphatic carbocycles. The number of aromatic nitrogens is 4. The van der Waals surface area contributed by atoms with E-state index in [9.17, 15) is 5.11 Å². The fraction of sp³-hybridized carbons (Fsp3) is 0.268. The average molecular weight is 893 g/mol. The molecule has 10 rings (SSSR count). The van der Waals surface area contributed by atoms with E-state index < -0.39 is 35.6 Å². The van der Waals surface area contributed by atoms with E-state index in [1.807, 2.05) is 102 Å². The standard InChI is InChI=1S/C56H56N6O5/c1-64-46-32-28-41(29-33-46)55(39-18-8-3-9-19-39,40-20-10-4-11-21-40)61-52-50-53(58-37-57-52)62(38-59-50)54-51(63)49(60-45-26-16-7-17-27-45)48(67-54)36-66-56(42-22-12-5-13-23-42,43-24-14-6-15-25-43)44-30-34-47(65-2)35-31-44/h3-6,8-15,18-25,28-35,37-38,45,48-49,51,54,60,63H,7,16-17,26-27,36H2,1-2H3,(H,57,58,61)/t48-,49-,51+,54-/m1/s1. The molecule has 3 heterocycles. The lowest BCUT2D eigenvalue weighted by Crippen LogP contribution is -2.51. The first-order valence-corrected chi connectivity index (χ1v) is 23.2. The van der Waals surface area contributed by atoms with Gasteiger partial charge in [-0.15, -0.1) is 0 Å². The lowest BCUT2D eigenvalue weighted by Gasteiger charge is -2.37. The van der Waals surface area contributed by atoms with Crippen LogP contribution in [0.25, 0.3) is 11.2 Å². The predicted octanol–water partition coefficient (Wildman–Crippen LogP) is 9.81. The van der Waals surface area contributed by atoms with Gasteiger partial charge in [0, 0.05) is 6.04 Å². The molecule has 0 radical (unpaired) electrons. The lowest BCUT2D eigenvalue weighted by atomic mass is 9.77. The molecule has 2 aliphatic rings. The summed E-state index contributed by atoms with van der Waals surface area (Å²) in [6, 6.07) is 57.2. The number of anilines is 1. The van der Waals surface area contributed by atoms with E-state index >= 15 is 0 Å². The maximum atomic E-state index is 12.6. The van der Waals surface area contributed by atoms with Gasteiger partial charge in [-0.25, -0.2) is 15.0 Å². The Kier molecular flexibility index (Phi) is 12.8. The number of methoxy groups -OCH3 is 2. The fourth-order valence-corrected chi connectivity index (χ4v) is 10.2. The Morgan fingerprint density at radius 1 is 0.612 bits per heavy atom. The molecule has 8 aromatic rings. The molecular weight excluding hydrogens is 837 g/mol. The first kappa shape index (κ1) is 44.0. The zero-order valence-corrected chi connectivity index (χ0v) is 37.8. The summed E-state index contributed by atoms with van der Waals surface area (Å²) in [7, 11) is 3.34. The number of aliphatic hydroxyl groups excluding tert-OH is 1. The number of aliphatic hydroxyl groups is 1. The SMILES string of the molecule is COc1ccc(C(Nc2ncnc3c2ncn3[C@@H]2O[C@H](COC(c3ccccc3)(c3ccccc3)c3ccc(OC)cc3)[C@@H](NC3CCCCC3)[C@@H]2O)(c2ccccc2)c2ccccc2)cc1. The third-order valence-corrected chi connectivity index (χ3v) is 13.6. The highest BCUT2D eigenvalue weighted by molar-refractivity contribution is 5.84. The van der Waals surface area contributed by atoms with Crippen molar-refractivity contribution in [2.45, 2.75) is 73.8 Å². The molecule has 0 spiro atoms. The summed E-state index contributed by atoms with van der Waals surface area (Å²) >= 11 is 0. The van der Waals surface area contributed by atoms with Gasteiger partial charge in [-0.2, -0.15) is 0 Å². The topological polar surface area (TPSA) is 125 Å². The number of imidazole rings is 1. The second-order valence-electron chi connectivity index (χ2n) is 17.4. The van der Waals surface area contributed by atoms with Crippen molar-refractivity contribution in [2.24, 2.45) is 0 Å². The van der Waals surface area contributed by atoms with Gasteiger partial charge in [-0.05, 0) is 70.5 Å². The second kappa shape index (κ2) is 19.5. The Morgan fingerprint density at radius 3 is 1.64 bits per heavy atom. The zero-order chi connectivity index (χ0) is 45.6. The molecule has 0 bridgehead atoms. The number of nitrogens with zero attached hydrogens (tertiary/aromatic N) is 4. The number of nitrogens with one attached hydrogen (secondary N) is 2. The van der Waals surface area contributed by atoms with E-state index in [-0.39, 0.29) is 12.6 Å². The number of rotatable bonds is 16. The molecule has 0 amide bonds. The number of benzene rings is 6. The van der Waals surface area contributed by atoms with Gasteiger partial charge in [-0.3, -0.25) is 4.57 Å². The molecule has 1 saturated heterocycles. The van der Waals surface area contributed by atoms with Crippen molar-refractivity contribution < 1.29 is 24.1 Å². The third kappa shape index (κ3) is 8.44. The van der Waals surface area contributed by atoms with Crippen molar-refractivity contribution in [2.75, 3.05) is 26.1 Å². The van der Waals surface area contributed by atoms with Gasteiger partial charge >= 0.3 is 0 Å². The molecule has 1 saturated carbocycles. The first-order chi connectivity index (χ1) is 33.0. The van der Waals surface area contributed by atoms with Gasteiger partial charge < -0.3 is 34.7 Å². The summed E-state index contributed by atoms with van der Waals surface area (Å²) in [5.74, 6) is 2.03. The van der Waals surface area contributed by atoms with E-state index in [0.29, 0.717) is 17.0 Å². The Hall–Kier alpha value is -6.89. The summed E-state index contributed by atoms with van der Waals surface area (Å²) in [5.41, 5.74) is 4.96. The van der Waals surface area contributed by atoms with Gasteiger partial charge in [-0.1, -0.05) is 165 Å². The summed E-state index contributed by atoms with van der Waals surface area (Å²) in [5, 5.41) is 20.4. The van der Waals surface area contributed by atoms with Gasteiger partial charge in [0.1, 0.15) is 41.2 Å². The monoisotopic (exact) mass is 892 g/mol. The Labute approximate surface area is 391 Å². The molecule has 6 aromatic carbocycles. The molecule has 3 N–H and O–H groups in total. The van der Waals surface area contributed by atoms with Crippen LogP contribution >= 0.6 is 0 Å². The van der Waals surface area contributed by atoms with Crippen LogP contribution in [0.5, 0.6) is 11.5 Å². The van der Waals surface area contributed by atoms with Crippen molar-refractivity contribution in [3.8, 4) is 11.5 Å². The quantitative estimate of drug-likeness (QED) is 0.0808. The molecule has 1 aliphatic heterocycles. The highest BCUT2D eigenvalue weighted by Crippen LogP contribution is 2.44. The van der Waals surface area contributed by atoms with Crippen molar-refractivity contribution in [3.05, 3.63) is 216 Å².